The lowest BCUT2D eigenvalue weighted by molar-refractivity contribution is -0.138. The monoisotopic (exact) mass is 308 g/mol. The van der Waals surface area contributed by atoms with Crippen molar-refractivity contribution < 1.29 is 38.9 Å². The molecular formula is C14H12O8. The van der Waals surface area contributed by atoms with Crippen molar-refractivity contribution in [2.75, 3.05) is 13.2 Å². The number of aromatic carboxylic acids is 2. The first-order chi connectivity index (χ1) is 10.4. The Morgan fingerprint density at radius 2 is 1.64 bits per heavy atom. The van der Waals surface area contributed by atoms with E-state index in [1.807, 2.05) is 0 Å². The van der Waals surface area contributed by atoms with Gasteiger partial charge in [-0.2, -0.15) is 0 Å². The van der Waals surface area contributed by atoms with Crippen molar-refractivity contribution in [3.05, 3.63) is 47.5 Å². The largest absolute Gasteiger partial charge is 0.478 e. The average molecular weight is 308 g/mol. The van der Waals surface area contributed by atoms with Crippen LogP contribution in [0.1, 0.15) is 31.1 Å². The van der Waals surface area contributed by atoms with Crippen molar-refractivity contribution in [2.24, 2.45) is 0 Å². The molecular weight excluding hydrogens is 296 g/mol. The third kappa shape index (κ3) is 4.44. The van der Waals surface area contributed by atoms with E-state index in [1.54, 1.807) is 0 Å². The average Bonchev–Trinajstić information content (AvgIpc) is 2.50. The van der Waals surface area contributed by atoms with Gasteiger partial charge in [-0.3, -0.25) is 0 Å². The van der Waals surface area contributed by atoms with Crippen LogP contribution in [0.3, 0.4) is 0 Å². The Labute approximate surface area is 124 Å². The highest BCUT2D eigenvalue weighted by atomic mass is 16.6. The Morgan fingerprint density at radius 1 is 1.00 bits per heavy atom. The summed E-state index contributed by atoms with van der Waals surface area (Å²) in [6.45, 7) is 2.63. The van der Waals surface area contributed by atoms with E-state index in [0.717, 1.165) is 24.3 Å². The third-order valence-corrected chi connectivity index (χ3v) is 2.44. The molecule has 22 heavy (non-hydrogen) atoms. The topological polar surface area (TPSA) is 127 Å². The molecule has 2 N–H and O–H groups in total. The van der Waals surface area contributed by atoms with E-state index < -0.39 is 35.0 Å². The maximum Gasteiger partial charge on any atom is 0.339 e. The van der Waals surface area contributed by atoms with E-state index in [4.69, 9.17) is 14.9 Å². The Morgan fingerprint density at radius 3 is 2.18 bits per heavy atom. The summed E-state index contributed by atoms with van der Waals surface area (Å²) in [4.78, 5) is 44.5. The SMILES string of the molecule is C=CC(=O)OCCOC(=O)c1cc(C(=O)O)ccc1C(=O)O. The molecule has 0 unspecified atom stereocenters. The molecule has 0 aliphatic rings. The van der Waals surface area contributed by atoms with E-state index in [1.165, 1.54) is 0 Å². The molecule has 8 nitrogen and oxygen atoms in total. The van der Waals surface area contributed by atoms with Crippen molar-refractivity contribution in [3.63, 3.8) is 0 Å². The minimum Gasteiger partial charge on any atom is -0.478 e. The van der Waals surface area contributed by atoms with Crippen LogP contribution in [0, 0.1) is 0 Å². The predicted molar refractivity (Wildman–Crippen MR) is 71.8 cm³/mol. The lowest BCUT2D eigenvalue weighted by atomic mass is 10.0. The Bertz CT molecular complexity index is 632. The molecule has 0 saturated heterocycles. The molecule has 0 spiro atoms. The Hall–Kier alpha value is -3.16. The molecule has 0 bridgehead atoms. The van der Waals surface area contributed by atoms with Crippen LogP contribution in [0.15, 0.2) is 30.9 Å². The summed E-state index contributed by atoms with van der Waals surface area (Å²) < 4.78 is 9.31. The quantitative estimate of drug-likeness (QED) is 0.433. The molecule has 8 heteroatoms. The van der Waals surface area contributed by atoms with Gasteiger partial charge in [0.2, 0.25) is 0 Å². The zero-order valence-electron chi connectivity index (χ0n) is 11.3. The van der Waals surface area contributed by atoms with E-state index in [9.17, 15) is 19.2 Å². The number of benzene rings is 1. The van der Waals surface area contributed by atoms with Crippen LogP contribution in [0.2, 0.25) is 0 Å². The molecule has 0 saturated carbocycles. The van der Waals surface area contributed by atoms with Gasteiger partial charge in [0.15, 0.2) is 0 Å². The van der Waals surface area contributed by atoms with Crippen LogP contribution in [0.25, 0.3) is 0 Å². The molecule has 0 aliphatic heterocycles. The molecule has 0 atom stereocenters. The van der Waals surface area contributed by atoms with Crippen LogP contribution >= 0.6 is 0 Å². The van der Waals surface area contributed by atoms with E-state index in [2.05, 4.69) is 11.3 Å². The zero-order valence-corrected chi connectivity index (χ0v) is 11.3. The van der Waals surface area contributed by atoms with Gasteiger partial charge in [0.05, 0.1) is 16.7 Å². The number of hydrogen-bond acceptors (Lipinski definition) is 6. The molecule has 1 rings (SSSR count). The first-order valence-corrected chi connectivity index (χ1v) is 5.93. The molecule has 0 fully saturated rings. The van der Waals surface area contributed by atoms with E-state index in [-0.39, 0.29) is 18.8 Å². The number of hydrogen-bond donors (Lipinski definition) is 2. The molecule has 0 radical (unpaired) electrons. The second-order valence-corrected chi connectivity index (χ2v) is 3.88. The molecule has 1 aromatic carbocycles. The lowest BCUT2D eigenvalue weighted by Crippen LogP contribution is -2.16. The second kappa shape index (κ2) is 7.58. The summed E-state index contributed by atoms with van der Waals surface area (Å²) in [6, 6.07) is 2.97. The van der Waals surface area contributed by atoms with Crippen molar-refractivity contribution in [3.8, 4) is 0 Å². The van der Waals surface area contributed by atoms with Crippen molar-refractivity contribution in [2.45, 2.75) is 0 Å². The van der Waals surface area contributed by atoms with Gasteiger partial charge in [-0.05, 0) is 18.2 Å². The molecule has 0 aromatic heterocycles. The standard InChI is InChI=1S/C14H12O8/c1-2-11(15)21-5-6-22-14(20)10-7-8(12(16)17)3-4-9(10)13(18)19/h2-4,7H,1,5-6H2,(H,16,17)(H,18,19). The minimum atomic E-state index is -1.40. The zero-order chi connectivity index (χ0) is 16.7. The van der Waals surface area contributed by atoms with Gasteiger partial charge in [0.25, 0.3) is 0 Å². The number of carboxylic acids is 2. The first kappa shape index (κ1) is 16.9. The van der Waals surface area contributed by atoms with Gasteiger partial charge in [-0.25, -0.2) is 19.2 Å². The van der Waals surface area contributed by atoms with Gasteiger partial charge in [0, 0.05) is 6.08 Å². The van der Waals surface area contributed by atoms with Crippen molar-refractivity contribution >= 4 is 23.9 Å². The van der Waals surface area contributed by atoms with Gasteiger partial charge in [0.1, 0.15) is 13.2 Å². The van der Waals surface area contributed by atoms with Crippen LogP contribution < -0.4 is 0 Å². The predicted octanol–water partition coefficient (Wildman–Crippen LogP) is 0.969. The van der Waals surface area contributed by atoms with Crippen LogP contribution in [-0.2, 0) is 14.3 Å². The fraction of sp³-hybridized carbons (Fsp3) is 0.143. The summed E-state index contributed by atoms with van der Waals surface area (Å²) in [7, 11) is 0. The first-order valence-electron chi connectivity index (χ1n) is 5.93. The summed E-state index contributed by atoms with van der Waals surface area (Å²) in [5.41, 5.74) is -1.05. The summed E-state index contributed by atoms with van der Waals surface area (Å²) in [6.07, 6.45) is 0.931. The van der Waals surface area contributed by atoms with Gasteiger partial charge in [-0.15, -0.1) is 0 Å². The number of carboxylic acid groups (broad SMARTS) is 2. The molecule has 1 aromatic rings. The number of carbonyl (C=O) groups excluding carboxylic acids is 2. The maximum absolute atomic E-state index is 11.8. The van der Waals surface area contributed by atoms with Crippen LogP contribution in [0.4, 0.5) is 0 Å². The highest BCUT2D eigenvalue weighted by molar-refractivity contribution is 6.04. The van der Waals surface area contributed by atoms with Gasteiger partial charge >= 0.3 is 23.9 Å². The highest BCUT2D eigenvalue weighted by Gasteiger charge is 2.20. The number of esters is 2. The van der Waals surface area contributed by atoms with Gasteiger partial charge in [-0.1, -0.05) is 6.58 Å². The van der Waals surface area contributed by atoms with Crippen LogP contribution in [0.5, 0.6) is 0 Å². The summed E-state index contributed by atoms with van der Waals surface area (Å²) >= 11 is 0. The number of carbonyl (C=O) groups is 4. The molecule has 0 heterocycles. The minimum absolute atomic E-state index is 0.238. The Kier molecular flexibility index (Phi) is 5.82. The van der Waals surface area contributed by atoms with E-state index >= 15 is 0 Å². The fourth-order valence-corrected chi connectivity index (χ4v) is 1.45. The fourth-order valence-electron chi connectivity index (χ4n) is 1.45. The molecule has 116 valence electrons. The second-order valence-electron chi connectivity index (χ2n) is 3.88. The number of rotatable bonds is 7. The normalized spacial score (nSPS) is 9.64. The van der Waals surface area contributed by atoms with Gasteiger partial charge < -0.3 is 19.7 Å². The molecule has 0 aliphatic carbocycles. The summed E-state index contributed by atoms with van der Waals surface area (Å²) in [5, 5.41) is 17.8. The van der Waals surface area contributed by atoms with Crippen molar-refractivity contribution in [1.29, 1.82) is 0 Å². The Balaban J connectivity index is 2.84. The third-order valence-electron chi connectivity index (χ3n) is 2.44. The number of ether oxygens (including phenoxy) is 2. The maximum atomic E-state index is 11.8. The highest BCUT2D eigenvalue weighted by Crippen LogP contribution is 2.14. The smallest absolute Gasteiger partial charge is 0.339 e. The molecule has 0 amide bonds. The van der Waals surface area contributed by atoms with E-state index in [0.29, 0.717) is 0 Å². The van der Waals surface area contributed by atoms with Crippen molar-refractivity contribution in [1.82, 2.24) is 0 Å². The summed E-state index contributed by atoms with van der Waals surface area (Å²) in [5.74, 6) is -4.45. The van der Waals surface area contributed by atoms with Crippen LogP contribution in [-0.4, -0.2) is 47.3 Å². The lowest BCUT2D eigenvalue weighted by Gasteiger charge is -2.08.